The Morgan fingerprint density at radius 3 is 2.38 bits per heavy atom. The number of aromatic carboxylic acids is 1. The van der Waals surface area contributed by atoms with E-state index in [1.807, 2.05) is 0 Å². The van der Waals surface area contributed by atoms with Crippen LogP contribution < -0.4 is 10.1 Å². The maximum atomic E-state index is 13.6. The van der Waals surface area contributed by atoms with E-state index in [-0.39, 0.29) is 13.2 Å². The predicted molar refractivity (Wildman–Crippen MR) is 68.3 cm³/mol. The van der Waals surface area contributed by atoms with Crippen LogP contribution in [0, 0.1) is 11.6 Å². The van der Waals surface area contributed by atoms with Gasteiger partial charge in [0.25, 0.3) is 5.91 Å². The molecular weight excluding hydrogens is 288 g/mol. The monoisotopic (exact) mass is 303 g/mol. The largest absolute Gasteiger partial charge is 0.478 e. The molecule has 0 spiro atoms. The van der Waals surface area contributed by atoms with Crippen molar-refractivity contribution in [3.63, 3.8) is 0 Å². The third kappa shape index (κ3) is 4.67. The molecule has 1 rings (SSSR count). The van der Waals surface area contributed by atoms with Gasteiger partial charge in [-0.25, -0.2) is 13.6 Å². The van der Waals surface area contributed by atoms with E-state index in [4.69, 9.17) is 14.6 Å². The topological polar surface area (TPSA) is 84.9 Å². The molecule has 1 aromatic carbocycles. The smallest absolute Gasteiger partial charge is 0.335 e. The number of carbonyl (C=O) groups is 2. The highest BCUT2D eigenvalue weighted by Gasteiger charge is 2.21. The van der Waals surface area contributed by atoms with E-state index in [2.05, 4.69) is 5.32 Å². The molecule has 1 atom stereocenters. The summed E-state index contributed by atoms with van der Waals surface area (Å²) >= 11 is 0. The van der Waals surface area contributed by atoms with Crippen molar-refractivity contribution < 1.29 is 33.0 Å². The molecule has 8 heteroatoms. The van der Waals surface area contributed by atoms with Crippen molar-refractivity contribution in [2.75, 3.05) is 20.3 Å². The van der Waals surface area contributed by atoms with Crippen molar-refractivity contribution in [3.05, 3.63) is 29.3 Å². The van der Waals surface area contributed by atoms with Gasteiger partial charge in [0.05, 0.1) is 12.2 Å². The highest BCUT2D eigenvalue weighted by molar-refractivity contribution is 5.87. The van der Waals surface area contributed by atoms with Gasteiger partial charge in [0.1, 0.15) is 0 Å². The Kier molecular flexibility index (Phi) is 6.04. The van der Waals surface area contributed by atoms with E-state index in [1.54, 1.807) is 0 Å². The van der Waals surface area contributed by atoms with Crippen molar-refractivity contribution in [1.29, 1.82) is 0 Å². The van der Waals surface area contributed by atoms with Crippen LogP contribution in [0.4, 0.5) is 8.78 Å². The summed E-state index contributed by atoms with van der Waals surface area (Å²) in [6.07, 6.45) is -1.15. The molecule has 116 valence electrons. The van der Waals surface area contributed by atoms with E-state index in [0.29, 0.717) is 12.1 Å². The van der Waals surface area contributed by atoms with Gasteiger partial charge in [0.2, 0.25) is 0 Å². The maximum absolute atomic E-state index is 13.6. The number of methoxy groups -OCH3 is 1. The lowest BCUT2D eigenvalue weighted by Gasteiger charge is -2.15. The van der Waals surface area contributed by atoms with Gasteiger partial charge in [-0.05, 0) is 19.1 Å². The van der Waals surface area contributed by atoms with Crippen molar-refractivity contribution in [2.45, 2.75) is 13.0 Å². The molecule has 0 fully saturated rings. The van der Waals surface area contributed by atoms with Gasteiger partial charge < -0.3 is 19.9 Å². The van der Waals surface area contributed by atoms with Crippen molar-refractivity contribution in [3.8, 4) is 5.75 Å². The molecule has 1 unspecified atom stereocenters. The summed E-state index contributed by atoms with van der Waals surface area (Å²) in [5.74, 6) is -5.22. The van der Waals surface area contributed by atoms with E-state index >= 15 is 0 Å². The molecule has 1 aromatic rings. The van der Waals surface area contributed by atoms with Gasteiger partial charge in [-0.15, -0.1) is 0 Å². The summed E-state index contributed by atoms with van der Waals surface area (Å²) in [4.78, 5) is 22.2. The summed E-state index contributed by atoms with van der Waals surface area (Å²) in [6.45, 7) is 1.83. The van der Waals surface area contributed by atoms with Gasteiger partial charge in [-0.2, -0.15) is 0 Å². The Morgan fingerprint density at radius 2 is 1.90 bits per heavy atom. The number of benzene rings is 1. The molecule has 0 saturated carbocycles. The molecule has 2 N–H and O–H groups in total. The minimum Gasteiger partial charge on any atom is -0.478 e. The van der Waals surface area contributed by atoms with E-state index in [0.717, 1.165) is 0 Å². The van der Waals surface area contributed by atoms with Gasteiger partial charge in [-0.1, -0.05) is 0 Å². The third-order valence-corrected chi connectivity index (χ3v) is 2.51. The second kappa shape index (κ2) is 7.53. The Bertz CT molecular complexity index is 512. The summed E-state index contributed by atoms with van der Waals surface area (Å²) in [7, 11) is 1.46. The molecule has 0 aliphatic carbocycles. The van der Waals surface area contributed by atoms with Gasteiger partial charge in [-0.3, -0.25) is 4.79 Å². The van der Waals surface area contributed by atoms with E-state index in [1.165, 1.54) is 14.0 Å². The first kappa shape index (κ1) is 16.8. The average Bonchev–Trinajstić information content (AvgIpc) is 2.42. The fourth-order valence-electron chi connectivity index (χ4n) is 1.45. The van der Waals surface area contributed by atoms with Crippen LogP contribution in [0.25, 0.3) is 0 Å². The average molecular weight is 303 g/mol. The quantitative estimate of drug-likeness (QED) is 0.739. The number of ether oxygens (including phenoxy) is 2. The third-order valence-electron chi connectivity index (χ3n) is 2.51. The standard InChI is InChI=1S/C13H15F2NO5/c1-7(12(17)16-3-4-20-2)21-11-9(14)5-8(13(18)19)6-10(11)15/h5-7H,3-4H2,1-2H3,(H,16,17)(H,18,19). The molecule has 6 nitrogen and oxygen atoms in total. The zero-order valence-electron chi connectivity index (χ0n) is 11.5. The lowest BCUT2D eigenvalue weighted by atomic mass is 10.2. The highest BCUT2D eigenvalue weighted by Crippen LogP contribution is 2.24. The Hall–Kier alpha value is -2.22. The molecule has 21 heavy (non-hydrogen) atoms. The minimum atomic E-state index is -1.47. The van der Waals surface area contributed by atoms with Crippen LogP contribution in [0.2, 0.25) is 0 Å². The van der Waals surface area contributed by atoms with Crippen LogP contribution in [0.5, 0.6) is 5.75 Å². The maximum Gasteiger partial charge on any atom is 0.335 e. The molecule has 1 amide bonds. The zero-order chi connectivity index (χ0) is 16.0. The predicted octanol–water partition coefficient (Wildman–Crippen LogP) is 1.19. The highest BCUT2D eigenvalue weighted by atomic mass is 19.1. The van der Waals surface area contributed by atoms with Gasteiger partial charge >= 0.3 is 5.97 Å². The molecule has 0 aliphatic rings. The molecule has 0 heterocycles. The SMILES string of the molecule is COCCNC(=O)C(C)Oc1c(F)cc(C(=O)O)cc1F. The number of halogens is 2. The fourth-order valence-corrected chi connectivity index (χ4v) is 1.45. The second-order valence-corrected chi connectivity index (χ2v) is 4.12. The van der Waals surface area contributed by atoms with Crippen molar-refractivity contribution in [1.82, 2.24) is 5.32 Å². The first-order chi connectivity index (χ1) is 9.86. The molecular formula is C13H15F2NO5. The zero-order valence-corrected chi connectivity index (χ0v) is 11.5. The van der Waals surface area contributed by atoms with Gasteiger partial charge in [0, 0.05) is 13.7 Å². The van der Waals surface area contributed by atoms with Crippen LogP contribution in [0.15, 0.2) is 12.1 Å². The van der Waals surface area contributed by atoms with Crippen LogP contribution >= 0.6 is 0 Å². The summed E-state index contributed by atoms with van der Waals surface area (Å²) in [6, 6.07) is 1.24. The number of carboxylic acids is 1. The molecule has 0 bridgehead atoms. The van der Waals surface area contributed by atoms with Crippen LogP contribution in [0.3, 0.4) is 0 Å². The number of carbonyl (C=O) groups excluding carboxylic acids is 1. The summed E-state index contributed by atoms with van der Waals surface area (Å²) in [5, 5.41) is 11.1. The van der Waals surface area contributed by atoms with Crippen LogP contribution in [-0.4, -0.2) is 43.3 Å². The lowest BCUT2D eigenvalue weighted by Crippen LogP contribution is -2.38. The number of nitrogens with one attached hydrogen (secondary N) is 1. The Morgan fingerprint density at radius 1 is 1.33 bits per heavy atom. The first-order valence-electron chi connectivity index (χ1n) is 6.02. The number of amides is 1. The second-order valence-electron chi connectivity index (χ2n) is 4.12. The Balaban J connectivity index is 2.78. The molecule has 0 saturated heterocycles. The lowest BCUT2D eigenvalue weighted by molar-refractivity contribution is -0.127. The van der Waals surface area contributed by atoms with Crippen molar-refractivity contribution in [2.24, 2.45) is 0 Å². The van der Waals surface area contributed by atoms with Crippen LogP contribution in [-0.2, 0) is 9.53 Å². The summed E-state index contributed by atoms with van der Waals surface area (Å²) < 4.78 is 36.9. The molecule has 0 aromatic heterocycles. The van der Waals surface area contributed by atoms with E-state index < -0.39 is 40.9 Å². The molecule has 0 radical (unpaired) electrons. The van der Waals surface area contributed by atoms with Crippen molar-refractivity contribution >= 4 is 11.9 Å². The number of carboxylic acid groups (broad SMARTS) is 1. The first-order valence-corrected chi connectivity index (χ1v) is 6.02. The van der Waals surface area contributed by atoms with Crippen LogP contribution in [0.1, 0.15) is 17.3 Å². The van der Waals surface area contributed by atoms with E-state index in [9.17, 15) is 18.4 Å². The molecule has 0 aliphatic heterocycles. The minimum absolute atomic E-state index is 0.228. The Labute approximate surface area is 119 Å². The van der Waals surface area contributed by atoms with Gasteiger partial charge in [0.15, 0.2) is 23.5 Å². The number of hydrogen-bond acceptors (Lipinski definition) is 4. The number of hydrogen-bond donors (Lipinski definition) is 2. The fraction of sp³-hybridized carbons (Fsp3) is 0.385. The number of rotatable bonds is 7. The summed E-state index contributed by atoms with van der Waals surface area (Å²) in [5.41, 5.74) is -0.547. The normalized spacial score (nSPS) is 11.8.